The highest BCUT2D eigenvalue weighted by Crippen LogP contribution is 2.09. The minimum absolute atomic E-state index is 0.234. The lowest BCUT2D eigenvalue weighted by molar-refractivity contribution is 0.244. The highest BCUT2D eigenvalue weighted by atomic mass is 32.1. The molecule has 0 aliphatic carbocycles. The number of aromatic nitrogens is 2. The smallest absolute Gasteiger partial charge is 0.320 e. The van der Waals surface area contributed by atoms with Gasteiger partial charge < -0.3 is 5.32 Å². The number of hydrogen-bond acceptors (Lipinski definition) is 4. The fourth-order valence-corrected chi connectivity index (χ4v) is 1.12. The van der Waals surface area contributed by atoms with Crippen LogP contribution in [-0.2, 0) is 0 Å². The molecule has 2 amide bonds. The van der Waals surface area contributed by atoms with E-state index in [9.17, 15) is 4.79 Å². The van der Waals surface area contributed by atoms with E-state index in [1.807, 2.05) is 20.8 Å². The Balaban J connectivity index is 2.43. The summed E-state index contributed by atoms with van der Waals surface area (Å²) >= 11 is 1.14. The molecule has 0 aliphatic rings. The van der Waals surface area contributed by atoms with Gasteiger partial charge in [-0.3, -0.25) is 5.32 Å². The zero-order valence-corrected chi connectivity index (χ0v) is 8.60. The number of hydrogen-bond donors (Lipinski definition) is 2. The molecule has 0 saturated carbocycles. The maximum absolute atomic E-state index is 11.3. The summed E-state index contributed by atoms with van der Waals surface area (Å²) in [4.78, 5) is 11.3. The zero-order valence-electron chi connectivity index (χ0n) is 7.79. The molecule has 1 rings (SSSR count). The summed E-state index contributed by atoms with van der Waals surface area (Å²) in [5, 5.41) is 9.62. The second-order valence-corrected chi connectivity index (χ2v) is 4.40. The minimum atomic E-state index is -0.237. The molecule has 5 nitrogen and oxygen atoms in total. The number of carbonyl (C=O) groups excluding carboxylic acids is 1. The van der Waals surface area contributed by atoms with E-state index in [1.54, 1.807) is 0 Å². The first-order valence-corrected chi connectivity index (χ1v) is 4.61. The van der Waals surface area contributed by atoms with E-state index in [-0.39, 0.29) is 11.6 Å². The molecule has 6 heteroatoms. The van der Waals surface area contributed by atoms with Gasteiger partial charge in [-0.25, -0.2) is 4.79 Å². The molecular formula is C7H12N4OS. The molecule has 2 N–H and O–H groups in total. The van der Waals surface area contributed by atoms with Crippen molar-refractivity contribution < 1.29 is 4.79 Å². The summed E-state index contributed by atoms with van der Waals surface area (Å²) < 4.78 is 3.62. The largest absolute Gasteiger partial charge is 0.333 e. The highest BCUT2D eigenvalue weighted by molar-refractivity contribution is 7.10. The molecule has 0 fully saturated rings. The van der Waals surface area contributed by atoms with E-state index >= 15 is 0 Å². The fraction of sp³-hybridized carbons (Fsp3) is 0.571. The SMILES string of the molecule is CC(C)(C)NC(=O)Nc1cnns1. The third kappa shape index (κ3) is 3.84. The van der Waals surface area contributed by atoms with Gasteiger partial charge in [0.15, 0.2) is 0 Å². The number of amides is 2. The number of rotatable bonds is 1. The van der Waals surface area contributed by atoms with Gasteiger partial charge in [0, 0.05) is 17.1 Å². The van der Waals surface area contributed by atoms with Crippen molar-refractivity contribution in [2.24, 2.45) is 0 Å². The van der Waals surface area contributed by atoms with Crippen LogP contribution in [0, 0.1) is 0 Å². The van der Waals surface area contributed by atoms with E-state index in [0.717, 1.165) is 11.5 Å². The molecule has 0 aliphatic heterocycles. The van der Waals surface area contributed by atoms with E-state index in [1.165, 1.54) is 6.20 Å². The molecule has 0 radical (unpaired) electrons. The Kier molecular flexibility index (Phi) is 2.82. The van der Waals surface area contributed by atoms with E-state index in [0.29, 0.717) is 5.00 Å². The summed E-state index contributed by atoms with van der Waals surface area (Å²) in [6.45, 7) is 5.74. The lowest BCUT2D eigenvalue weighted by Gasteiger charge is -2.20. The van der Waals surface area contributed by atoms with Crippen LogP contribution in [0.5, 0.6) is 0 Å². The Morgan fingerprint density at radius 1 is 1.54 bits per heavy atom. The maximum Gasteiger partial charge on any atom is 0.320 e. The molecule has 13 heavy (non-hydrogen) atoms. The molecule has 1 aromatic rings. The van der Waals surface area contributed by atoms with Crippen LogP contribution < -0.4 is 10.6 Å². The lowest BCUT2D eigenvalue weighted by atomic mass is 10.1. The summed E-state index contributed by atoms with van der Waals surface area (Å²) in [5.74, 6) is 0. The van der Waals surface area contributed by atoms with Crippen molar-refractivity contribution in [1.82, 2.24) is 14.9 Å². The molecule has 0 spiro atoms. The van der Waals surface area contributed by atoms with Crippen molar-refractivity contribution in [1.29, 1.82) is 0 Å². The zero-order chi connectivity index (χ0) is 9.90. The number of urea groups is 1. The van der Waals surface area contributed by atoms with Crippen LogP contribution in [0.4, 0.5) is 9.80 Å². The van der Waals surface area contributed by atoms with Crippen molar-refractivity contribution in [2.75, 3.05) is 5.32 Å². The molecule has 0 atom stereocenters. The summed E-state index contributed by atoms with van der Waals surface area (Å²) in [6.07, 6.45) is 1.51. The summed E-state index contributed by atoms with van der Waals surface area (Å²) in [7, 11) is 0. The average Bonchev–Trinajstić information content (AvgIpc) is 2.34. The monoisotopic (exact) mass is 200 g/mol. The van der Waals surface area contributed by atoms with Gasteiger partial charge >= 0.3 is 6.03 Å². The molecule has 0 aromatic carbocycles. The molecule has 0 bridgehead atoms. The third-order valence-electron chi connectivity index (χ3n) is 1.09. The second-order valence-electron chi connectivity index (χ2n) is 3.61. The molecule has 1 heterocycles. The van der Waals surface area contributed by atoms with Gasteiger partial charge in [-0.2, -0.15) is 0 Å². The van der Waals surface area contributed by atoms with Gasteiger partial charge in [0.2, 0.25) is 0 Å². The van der Waals surface area contributed by atoms with Crippen molar-refractivity contribution in [3.8, 4) is 0 Å². The van der Waals surface area contributed by atoms with Crippen LogP contribution in [0.25, 0.3) is 0 Å². The Labute approximate surface area is 80.7 Å². The van der Waals surface area contributed by atoms with Crippen LogP contribution in [-0.4, -0.2) is 21.2 Å². The van der Waals surface area contributed by atoms with Crippen LogP contribution in [0.1, 0.15) is 20.8 Å². The Hall–Kier alpha value is -1.17. The number of carbonyl (C=O) groups is 1. The number of nitrogens with zero attached hydrogens (tertiary/aromatic N) is 2. The first-order valence-electron chi connectivity index (χ1n) is 3.84. The Morgan fingerprint density at radius 3 is 2.69 bits per heavy atom. The molecule has 0 unspecified atom stereocenters. The second kappa shape index (κ2) is 3.69. The molecule has 72 valence electrons. The molecular weight excluding hydrogens is 188 g/mol. The van der Waals surface area contributed by atoms with Gasteiger partial charge in [0.05, 0.1) is 6.20 Å². The van der Waals surface area contributed by atoms with Gasteiger partial charge in [-0.15, -0.1) is 5.10 Å². The predicted octanol–water partition coefficient (Wildman–Crippen LogP) is 1.46. The minimum Gasteiger partial charge on any atom is -0.333 e. The first kappa shape index (κ1) is 9.91. The normalized spacial score (nSPS) is 11.0. The van der Waals surface area contributed by atoms with E-state index < -0.39 is 0 Å². The topological polar surface area (TPSA) is 66.9 Å². The lowest BCUT2D eigenvalue weighted by Crippen LogP contribution is -2.42. The number of anilines is 1. The van der Waals surface area contributed by atoms with Gasteiger partial charge in [0.1, 0.15) is 5.00 Å². The van der Waals surface area contributed by atoms with E-state index in [4.69, 9.17) is 0 Å². The first-order chi connectivity index (χ1) is 5.97. The third-order valence-corrected chi connectivity index (χ3v) is 1.67. The van der Waals surface area contributed by atoms with Crippen LogP contribution in [0.3, 0.4) is 0 Å². The van der Waals surface area contributed by atoms with Crippen molar-refractivity contribution in [3.63, 3.8) is 0 Å². The highest BCUT2D eigenvalue weighted by Gasteiger charge is 2.13. The van der Waals surface area contributed by atoms with Gasteiger partial charge in [0.25, 0.3) is 0 Å². The van der Waals surface area contributed by atoms with Crippen LogP contribution in [0.2, 0.25) is 0 Å². The van der Waals surface area contributed by atoms with Crippen molar-refractivity contribution in [2.45, 2.75) is 26.3 Å². The fourth-order valence-electron chi connectivity index (χ4n) is 0.706. The van der Waals surface area contributed by atoms with Crippen molar-refractivity contribution in [3.05, 3.63) is 6.20 Å². The van der Waals surface area contributed by atoms with E-state index in [2.05, 4.69) is 20.2 Å². The Bertz CT molecular complexity index is 277. The predicted molar refractivity (Wildman–Crippen MR) is 51.8 cm³/mol. The van der Waals surface area contributed by atoms with Crippen LogP contribution >= 0.6 is 11.5 Å². The van der Waals surface area contributed by atoms with Crippen molar-refractivity contribution >= 4 is 22.6 Å². The number of nitrogens with one attached hydrogen (secondary N) is 2. The van der Waals surface area contributed by atoms with Crippen LogP contribution in [0.15, 0.2) is 6.20 Å². The van der Waals surface area contributed by atoms with Gasteiger partial charge in [-0.1, -0.05) is 4.49 Å². The standard InChI is InChI=1S/C7H12N4OS/c1-7(2,3)10-6(12)9-5-4-8-11-13-5/h4H,1-3H3,(H2,9,10,12). The maximum atomic E-state index is 11.3. The van der Waals surface area contributed by atoms with Gasteiger partial charge in [-0.05, 0) is 20.8 Å². The Morgan fingerprint density at radius 2 is 2.23 bits per heavy atom. The average molecular weight is 200 g/mol. The molecule has 0 saturated heterocycles. The summed E-state index contributed by atoms with van der Waals surface area (Å²) in [5.41, 5.74) is -0.234. The summed E-state index contributed by atoms with van der Waals surface area (Å²) in [6, 6.07) is -0.237. The molecule has 1 aromatic heterocycles. The quantitative estimate of drug-likeness (QED) is 0.721.